The van der Waals surface area contributed by atoms with Crippen molar-refractivity contribution in [3.8, 4) is 0 Å². The van der Waals surface area contributed by atoms with Gasteiger partial charge in [-0.15, -0.1) is 0 Å². The van der Waals surface area contributed by atoms with Gasteiger partial charge in [0.05, 0.1) is 5.92 Å². The molecule has 2 fully saturated rings. The molecule has 2 saturated heterocycles. The highest BCUT2D eigenvalue weighted by atomic mass is 16.2. The summed E-state index contributed by atoms with van der Waals surface area (Å²) >= 11 is 0. The van der Waals surface area contributed by atoms with Crippen molar-refractivity contribution in [2.24, 2.45) is 5.92 Å². The number of anilines is 1. The molecule has 5 nitrogen and oxygen atoms in total. The van der Waals surface area contributed by atoms with Crippen molar-refractivity contribution >= 4 is 17.5 Å². The lowest BCUT2D eigenvalue weighted by atomic mass is 9.88. The van der Waals surface area contributed by atoms with Gasteiger partial charge >= 0.3 is 0 Å². The van der Waals surface area contributed by atoms with Crippen LogP contribution in [-0.2, 0) is 9.59 Å². The van der Waals surface area contributed by atoms with Crippen molar-refractivity contribution in [2.45, 2.75) is 19.8 Å². The summed E-state index contributed by atoms with van der Waals surface area (Å²) in [5.74, 6) is 0.144. The number of hydrogen-bond acceptors (Lipinski definition) is 3. The van der Waals surface area contributed by atoms with Crippen molar-refractivity contribution in [3.63, 3.8) is 0 Å². The van der Waals surface area contributed by atoms with E-state index in [0.29, 0.717) is 13.1 Å². The van der Waals surface area contributed by atoms with Gasteiger partial charge in [0.1, 0.15) is 0 Å². The van der Waals surface area contributed by atoms with Gasteiger partial charge in [0.15, 0.2) is 0 Å². The van der Waals surface area contributed by atoms with E-state index >= 15 is 0 Å². The molecule has 0 radical (unpaired) electrons. The van der Waals surface area contributed by atoms with Gasteiger partial charge in [-0.1, -0.05) is 48.5 Å². The van der Waals surface area contributed by atoms with Crippen molar-refractivity contribution in [1.82, 2.24) is 9.80 Å². The number of carbonyl (C=O) groups is 2. The van der Waals surface area contributed by atoms with Gasteiger partial charge < -0.3 is 14.7 Å². The molecule has 2 amide bonds. The fraction of sp³-hybridized carbons (Fsp3) is 0.417. The summed E-state index contributed by atoms with van der Waals surface area (Å²) in [6.07, 6.45) is 0. The maximum Gasteiger partial charge on any atom is 0.228 e. The van der Waals surface area contributed by atoms with E-state index in [4.69, 9.17) is 0 Å². The highest BCUT2D eigenvalue weighted by Gasteiger charge is 2.41. The molecule has 2 heterocycles. The first-order chi connectivity index (χ1) is 14.0. The Morgan fingerprint density at radius 3 is 2.14 bits per heavy atom. The van der Waals surface area contributed by atoms with Gasteiger partial charge in [0.2, 0.25) is 11.8 Å². The zero-order chi connectivity index (χ0) is 20.4. The maximum absolute atomic E-state index is 13.4. The Balaban J connectivity index is 1.47. The van der Waals surface area contributed by atoms with Crippen LogP contribution in [-0.4, -0.2) is 60.9 Å². The minimum atomic E-state index is -0.161. The van der Waals surface area contributed by atoms with Crippen LogP contribution in [0.2, 0.25) is 0 Å². The second-order valence-electron chi connectivity index (χ2n) is 8.15. The van der Waals surface area contributed by atoms with Crippen LogP contribution in [0.25, 0.3) is 0 Å². The van der Waals surface area contributed by atoms with Crippen molar-refractivity contribution in [1.29, 1.82) is 0 Å². The highest BCUT2D eigenvalue weighted by molar-refractivity contribution is 5.83. The molecule has 2 unspecified atom stereocenters. The summed E-state index contributed by atoms with van der Waals surface area (Å²) in [6.45, 7) is 8.01. The Kier molecular flexibility index (Phi) is 5.56. The number of amides is 2. The quantitative estimate of drug-likeness (QED) is 0.808. The smallest absolute Gasteiger partial charge is 0.228 e. The molecule has 0 spiro atoms. The Bertz CT molecular complexity index is 875. The topological polar surface area (TPSA) is 43.9 Å². The SMILES string of the molecule is CC(=O)N1CC(C(=O)N2CCN(c3ccccc3C)CC2)C(c2ccccc2)C1. The number of carbonyl (C=O) groups excluding carboxylic acids is 2. The van der Waals surface area contributed by atoms with E-state index < -0.39 is 0 Å². The molecule has 2 aliphatic rings. The van der Waals surface area contributed by atoms with E-state index in [-0.39, 0.29) is 23.7 Å². The second-order valence-corrected chi connectivity index (χ2v) is 8.15. The lowest BCUT2D eigenvalue weighted by Crippen LogP contribution is -2.51. The number of piperazine rings is 1. The minimum Gasteiger partial charge on any atom is -0.368 e. The number of benzene rings is 2. The first-order valence-electron chi connectivity index (χ1n) is 10.4. The Morgan fingerprint density at radius 1 is 0.828 bits per heavy atom. The van der Waals surface area contributed by atoms with Crippen LogP contribution in [0.5, 0.6) is 0 Å². The lowest BCUT2D eigenvalue weighted by Gasteiger charge is -2.38. The van der Waals surface area contributed by atoms with Gasteiger partial charge in [-0.25, -0.2) is 0 Å². The summed E-state index contributed by atoms with van der Waals surface area (Å²) in [4.78, 5) is 31.6. The number of hydrogen-bond donors (Lipinski definition) is 0. The number of rotatable bonds is 3. The zero-order valence-electron chi connectivity index (χ0n) is 17.3. The summed E-state index contributed by atoms with van der Waals surface area (Å²) in [6, 6.07) is 18.6. The fourth-order valence-electron chi connectivity index (χ4n) is 4.67. The first kappa shape index (κ1) is 19.5. The van der Waals surface area contributed by atoms with Crippen LogP contribution in [0.15, 0.2) is 54.6 Å². The van der Waals surface area contributed by atoms with Gasteiger partial charge in [-0.3, -0.25) is 9.59 Å². The Hall–Kier alpha value is -2.82. The van der Waals surface area contributed by atoms with Crippen LogP contribution in [0.1, 0.15) is 24.0 Å². The molecule has 0 N–H and O–H groups in total. The standard InChI is InChI=1S/C24H29N3O2/c1-18-8-6-7-11-23(18)25-12-14-26(15-13-25)24(29)22-17-27(19(2)28)16-21(22)20-9-4-3-5-10-20/h3-11,21-22H,12-17H2,1-2H3. The lowest BCUT2D eigenvalue weighted by molar-refractivity contribution is -0.136. The molecule has 2 aliphatic heterocycles. The van der Waals surface area contributed by atoms with Crippen molar-refractivity contribution in [2.75, 3.05) is 44.2 Å². The molecule has 0 bridgehead atoms. The Labute approximate surface area is 172 Å². The van der Waals surface area contributed by atoms with E-state index in [9.17, 15) is 9.59 Å². The monoisotopic (exact) mass is 391 g/mol. The maximum atomic E-state index is 13.4. The predicted octanol–water partition coefficient (Wildman–Crippen LogP) is 2.91. The van der Waals surface area contributed by atoms with Crippen LogP contribution < -0.4 is 4.90 Å². The first-order valence-corrected chi connectivity index (χ1v) is 10.4. The molecule has 4 rings (SSSR count). The predicted molar refractivity (Wildman–Crippen MR) is 115 cm³/mol. The molecule has 2 atom stereocenters. The van der Waals surface area contributed by atoms with Crippen LogP contribution >= 0.6 is 0 Å². The van der Waals surface area contributed by atoms with E-state index in [1.165, 1.54) is 11.3 Å². The number of likely N-dealkylation sites (tertiary alicyclic amines) is 1. The largest absolute Gasteiger partial charge is 0.368 e. The molecular formula is C24H29N3O2. The van der Waals surface area contributed by atoms with E-state index in [2.05, 4.69) is 48.2 Å². The minimum absolute atomic E-state index is 0.0469. The molecule has 0 saturated carbocycles. The zero-order valence-corrected chi connectivity index (χ0v) is 17.3. The van der Waals surface area contributed by atoms with E-state index in [1.54, 1.807) is 6.92 Å². The molecular weight excluding hydrogens is 362 g/mol. The highest BCUT2D eigenvalue weighted by Crippen LogP contribution is 2.34. The third kappa shape index (κ3) is 4.00. The van der Waals surface area contributed by atoms with Crippen LogP contribution in [0.3, 0.4) is 0 Å². The molecule has 2 aromatic carbocycles. The van der Waals surface area contributed by atoms with Gasteiger partial charge in [0, 0.05) is 57.8 Å². The molecule has 0 aliphatic carbocycles. The van der Waals surface area contributed by atoms with Gasteiger partial charge in [-0.2, -0.15) is 0 Å². The van der Waals surface area contributed by atoms with Crippen molar-refractivity contribution in [3.05, 3.63) is 65.7 Å². The van der Waals surface area contributed by atoms with E-state index in [1.807, 2.05) is 28.0 Å². The summed E-state index contributed by atoms with van der Waals surface area (Å²) in [7, 11) is 0. The molecule has 152 valence electrons. The van der Waals surface area contributed by atoms with Gasteiger partial charge in [0.25, 0.3) is 0 Å². The molecule has 0 aromatic heterocycles. The average molecular weight is 392 g/mol. The summed E-state index contributed by atoms with van der Waals surface area (Å²) in [5, 5.41) is 0. The van der Waals surface area contributed by atoms with Crippen LogP contribution in [0, 0.1) is 12.8 Å². The summed E-state index contributed by atoms with van der Waals surface area (Å²) in [5.41, 5.74) is 3.67. The number of para-hydroxylation sites is 1. The third-order valence-electron chi connectivity index (χ3n) is 6.36. The fourth-order valence-corrected chi connectivity index (χ4v) is 4.67. The van der Waals surface area contributed by atoms with Crippen LogP contribution in [0.4, 0.5) is 5.69 Å². The average Bonchev–Trinajstić information content (AvgIpc) is 3.20. The second kappa shape index (κ2) is 8.27. The molecule has 5 heteroatoms. The Morgan fingerprint density at radius 2 is 1.48 bits per heavy atom. The summed E-state index contributed by atoms with van der Waals surface area (Å²) < 4.78 is 0. The number of aryl methyl sites for hydroxylation is 1. The molecule has 29 heavy (non-hydrogen) atoms. The third-order valence-corrected chi connectivity index (χ3v) is 6.36. The van der Waals surface area contributed by atoms with Crippen molar-refractivity contribution < 1.29 is 9.59 Å². The normalized spacial score (nSPS) is 22.1. The molecule has 2 aromatic rings. The van der Waals surface area contributed by atoms with E-state index in [0.717, 1.165) is 31.7 Å². The number of nitrogens with zero attached hydrogens (tertiary/aromatic N) is 3. The van der Waals surface area contributed by atoms with Gasteiger partial charge in [-0.05, 0) is 24.1 Å².